The number of anilines is 2. The Labute approximate surface area is 183 Å². The van der Waals surface area contributed by atoms with Crippen LogP contribution in [-0.2, 0) is 15.3 Å². The van der Waals surface area contributed by atoms with Crippen LogP contribution in [-0.4, -0.2) is 28.6 Å². The molecule has 1 aromatic heterocycles. The van der Waals surface area contributed by atoms with Crippen LogP contribution in [0.4, 0.5) is 10.8 Å². The van der Waals surface area contributed by atoms with Gasteiger partial charge in [-0.3, -0.25) is 9.59 Å². The van der Waals surface area contributed by atoms with Crippen LogP contribution in [0.5, 0.6) is 0 Å². The molecule has 1 unspecified atom stereocenters. The van der Waals surface area contributed by atoms with Gasteiger partial charge < -0.3 is 10.2 Å². The topological polar surface area (TPSA) is 75.2 Å². The molecule has 1 aliphatic heterocycles. The summed E-state index contributed by atoms with van der Waals surface area (Å²) >= 11 is 2.95. The van der Waals surface area contributed by atoms with Crippen LogP contribution in [0.3, 0.4) is 0 Å². The second kappa shape index (κ2) is 8.97. The molecule has 2 amide bonds. The molecule has 30 heavy (non-hydrogen) atoms. The number of aromatic nitrogens is 2. The SMILES string of the molecule is Cc1ccc(N2CC(C(=O)Nc3nnc(SCc4cccc(C)c4)s3)CC2=O)cc1. The summed E-state index contributed by atoms with van der Waals surface area (Å²) in [5, 5.41) is 11.5. The molecule has 1 aliphatic rings. The highest BCUT2D eigenvalue weighted by Gasteiger charge is 2.35. The summed E-state index contributed by atoms with van der Waals surface area (Å²) in [6.07, 6.45) is 0.202. The van der Waals surface area contributed by atoms with Gasteiger partial charge in [0.2, 0.25) is 16.9 Å². The minimum atomic E-state index is -0.397. The first-order chi connectivity index (χ1) is 14.5. The summed E-state index contributed by atoms with van der Waals surface area (Å²) in [5.74, 6) is 0.175. The third kappa shape index (κ3) is 4.88. The van der Waals surface area contributed by atoms with Gasteiger partial charge in [0.25, 0.3) is 0 Å². The number of hydrogen-bond acceptors (Lipinski definition) is 6. The molecule has 154 valence electrons. The summed E-state index contributed by atoms with van der Waals surface area (Å²) < 4.78 is 0.801. The molecule has 0 aliphatic carbocycles. The first kappa shape index (κ1) is 20.6. The van der Waals surface area contributed by atoms with E-state index in [9.17, 15) is 9.59 Å². The van der Waals surface area contributed by atoms with Gasteiger partial charge in [-0.2, -0.15) is 0 Å². The third-order valence-electron chi connectivity index (χ3n) is 4.92. The Morgan fingerprint density at radius 2 is 1.97 bits per heavy atom. The standard InChI is InChI=1S/C22H22N4O2S2/c1-14-6-8-18(9-7-14)26-12-17(11-19(26)27)20(28)23-21-24-25-22(30-21)29-13-16-5-3-4-15(2)10-16/h3-10,17H,11-13H2,1-2H3,(H,23,24,28). The monoisotopic (exact) mass is 438 g/mol. The predicted octanol–water partition coefficient (Wildman–Crippen LogP) is 4.44. The quantitative estimate of drug-likeness (QED) is 0.455. The van der Waals surface area contributed by atoms with E-state index in [2.05, 4.69) is 40.6 Å². The molecule has 0 bridgehead atoms. The molecule has 8 heteroatoms. The Balaban J connectivity index is 1.33. The van der Waals surface area contributed by atoms with Gasteiger partial charge in [-0.1, -0.05) is 70.6 Å². The number of nitrogens with zero attached hydrogens (tertiary/aromatic N) is 3. The van der Waals surface area contributed by atoms with Crippen molar-refractivity contribution in [3.8, 4) is 0 Å². The number of carbonyl (C=O) groups excluding carboxylic acids is 2. The van der Waals surface area contributed by atoms with Gasteiger partial charge in [0.05, 0.1) is 5.92 Å². The van der Waals surface area contributed by atoms with Gasteiger partial charge in [0.1, 0.15) is 0 Å². The smallest absolute Gasteiger partial charge is 0.231 e. The molecular formula is C22H22N4O2S2. The summed E-state index contributed by atoms with van der Waals surface area (Å²) in [6.45, 7) is 4.45. The lowest BCUT2D eigenvalue weighted by Crippen LogP contribution is -2.28. The maximum atomic E-state index is 12.7. The fraction of sp³-hybridized carbons (Fsp3) is 0.273. The zero-order valence-corrected chi connectivity index (χ0v) is 18.4. The largest absolute Gasteiger partial charge is 0.312 e. The number of hydrogen-bond donors (Lipinski definition) is 1. The van der Waals surface area contributed by atoms with Crippen LogP contribution < -0.4 is 10.2 Å². The van der Waals surface area contributed by atoms with Crippen molar-refractivity contribution in [3.05, 3.63) is 65.2 Å². The van der Waals surface area contributed by atoms with Crippen LogP contribution >= 0.6 is 23.1 Å². The molecule has 0 radical (unpaired) electrons. The molecule has 2 heterocycles. The highest BCUT2D eigenvalue weighted by atomic mass is 32.2. The van der Waals surface area contributed by atoms with Crippen molar-refractivity contribution < 1.29 is 9.59 Å². The van der Waals surface area contributed by atoms with Gasteiger partial charge in [0.15, 0.2) is 4.34 Å². The summed E-state index contributed by atoms with van der Waals surface area (Å²) in [4.78, 5) is 26.7. The number of carbonyl (C=O) groups is 2. The first-order valence-electron chi connectivity index (χ1n) is 9.67. The summed E-state index contributed by atoms with van der Waals surface area (Å²) in [6, 6.07) is 16.1. The van der Waals surface area contributed by atoms with Crippen LogP contribution in [0.15, 0.2) is 52.9 Å². The Morgan fingerprint density at radius 1 is 1.17 bits per heavy atom. The fourth-order valence-electron chi connectivity index (χ4n) is 3.33. The summed E-state index contributed by atoms with van der Waals surface area (Å²) in [7, 11) is 0. The van der Waals surface area contributed by atoms with Crippen molar-refractivity contribution >= 4 is 45.7 Å². The highest BCUT2D eigenvalue weighted by Crippen LogP contribution is 2.30. The van der Waals surface area contributed by atoms with Gasteiger partial charge in [0, 0.05) is 24.4 Å². The lowest BCUT2D eigenvalue weighted by molar-refractivity contribution is -0.122. The van der Waals surface area contributed by atoms with Crippen molar-refractivity contribution in [2.24, 2.45) is 5.92 Å². The van der Waals surface area contributed by atoms with Crippen molar-refractivity contribution in [2.45, 2.75) is 30.4 Å². The molecule has 1 N–H and O–H groups in total. The molecule has 1 fully saturated rings. The van der Waals surface area contributed by atoms with E-state index in [0.717, 1.165) is 21.3 Å². The van der Waals surface area contributed by atoms with E-state index in [0.29, 0.717) is 11.7 Å². The molecule has 0 spiro atoms. The molecule has 3 aromatic rings. The molecule has 2 aromatic carbocycles. The molecule has 1 saturated heterocycles. The number of thioether (sulfide) groups is 1. The maximum Gasteiger partial charge on any atom is 0.231 e. The van der Waals surface area contributed by atoms with E-state index >= 15 is 0 Å². The number of aryl methyl sites for hydroxylation is 2. The van der Waals surface area contributed by atoms with Crippen LogP contribution in [0.2, 0.25) is 0 Å². The maximum absolute atomic E-state index is 12.7. The number of amides is 2. The second-order valence-corrected chi connectivity index (χ2v) is 9.58. The molecule has 4 rings (SSSR count). The van der Waals surface area contributed by atoms with Crippen LogP contribution in [0.1, 0.15) is 23.1 Å². The molecule has 1 atom stereocenters. The van der Waals surface area contributed by atoms with E-state index < -0.39 is 5.92 Å². The Hall–Kier alpha value is -2.71. The highest BCUT2D eigenvalue weighted by molar-refractivity contribution is 8.00. The van der Waals surface area contributed by atoms with Crippen molar-refractivity contribution in [1.29, 1.82) is 0 Å². The van der Waals surface area contributed by atoms with Crippen molar-refractivity contribution in [1.82, 2.24) is 10.2 Å². The van der Waals surface area contributed by atoms with Crippen molar-refractivity contribution in [3.63, 3.8) is 0 Å². The van der Waals surface area contributed by atoms with E-state index in [4.69, 9.17) is 0 Å². The third-order valence-corrected chi connectivity index (χ3v) is 6.97. The van der Waals surface area contributed by atoms with Crippen molar-refractivity contribution in [2.75, 3.05) is 16.8 Å². The Kier molecular flexibility index (Phi) is 6.15. The van der Waals surface area contributed by atoms with Gasteiger partial charge in [-0.15, -0.1) is 10.2 Å². The molecular weight excluding hydrogens is 416 g/mol. The average Bonchev–Trinajstić information content (AvgIpc) is 3.33. The van der Waals surface area contributed by atoms with E-state index in [1.807, 2.05) is 37.3 Å². The summed E-state index contributed by atoms with van der Waals surface area (Å²) in [5.41, 5.74) is 4.41. The normalized spacial score (nSPS) is 16.1. The minimum absolute atomic E-state index is 0.0364. The molecule has 6 nitrogen and oxygen atoms in total. The van der Waals surface area contributed by atoms with Gasteiger partial charge in [-0.05, 0) is 31.5 Å². The van der Waals surface area contributed by atoms with Gasteiger partial charge >= 0.3 is 0 Å². The predicted molar refractivity (Wildman–Crippen MR) is 121 cm³/mol. The lowest BCUT2D eigenvalue weighted by Gasteiger charge is -2.16. The van der Waals surface area contributed by atoms with Gasteiger partial charge in [-0.25, -0.2) is 0 Å². The number of rotatable bonds is 6. The number of nitrogens with one attached hydrogen (secondary N) is 1. The average molecular weight is 439 g/mol. The van der Waals surface area contributed by atoms with E-state index in [1.165, 1.54) is 22.5 Å². The molecule has 0 saturated carbocycles. The zero-order valence-electron chi connectivity index (χ0n) is 16.8. The van der Waals surface area contributed by atoms with E-state index in [-0.39, 0.29) is 18.2 Å². The Bertz CT molecular complexity index is 1070. The van der Waals surface area contributed by atoms with Crippen LogP contribution in [0, 0.1) is 19.8 Å². The fourth-order valence-corrected chi connectivity index (χ4v) is 5.03. The lowest BCUT2D eigenvalue weighted by atomic mass is 10.1. The van der Waals surface area contributed by atoms with Crippen LogP contribution in [0.25, 0.3) is 0 Å². The second-order valence-electron chi connectivity index (χ2n) is 7.38. The number of benzene rings is 2. The zero-order chi connectivity index (χ0) is 21.1. The first-order valence-corrected chi connectivity index (χ1v) is 11.5. The van der Waals surface area contributed by atoms with E-state index in [1.54, 1.807) is 16.7 Å². The Morgan fingerprint density at radius 3 is 2.73 bits per heavy atom. The minimum Gasteiger partial charge on any atom is -0.312 e.